The zero-order valence-electron chi connectivity index (χ0n) is 11.9. The maximum Gasteiger partial charge on any atom is 0.247 e. The third-order valence-electron chi connectivity index (χ3n) is 3.08. The number of hydrogen-bond donors (Lipinski definition) is 1. The van der Waals surface area contributed by atoms with Crippen LogP contribution in [0.3, 0.4) is 0 Å². The summed E-state index contributed by atoms with van der Waals surface area (Å²) in [5.41, 5.74) is 1.66. The van der Waals surface area contributed by atoms with Crippen molar-refractivity contribution in [2.24, 2.45) is 0 Å². The molecule has 0 unspecified atom stereocenters. The van der Waals surface area contributed by atoms with Crippen molar-refractivity contribution in [3.05, 3.63) is 59.4 Å². The van der Waals surface area contributed by atoms with Crippen molar-refractivity contribution in [1.29, 1.82) is 0 Å². The fourth-order valence-corrected chi connectivity index (χ4v) is 2.22. The molecular formula is C16H14ClN3O2. The zero-order valence-corrected chi connectivity index (χ0v) is 12.7. The Labute approximate surface area is 132 Å². The van der Waals surface area contributed by atoms with Crippen molar-refractivity contribution in [3.63, 3.8) is 0 Å². The van der Waals surface area contributed by atoms with Crippen molar-refractivity contribution >= 4 is 17.3 Å². The average Bonchev–Trinajstić information content (AvgIpc) is 3.02. The van der Waals surface area contributed by atoms with E-state index in [0.717, 1.165) is 17.0 Å². The van der Waals surface area contributed by atoms with E-state index in [0.29, 0.717) is 23.3 Å². The Balaban J connectivity index is 1.72. The van der Waals surface area contributed by atoms with Gasteiger partial charge >= 0.3 is 0 Å². The molecule has 0 saturated carbocycles. The fraction of sp³-hybridized carbons (Fsp3) is 0.125. The topological polar surface area (TPSA) is 60.2 Å². The van der Waals surface area contributed by atoms with Gasteiger partial charge in [-0.15, -0.1) is 10.2 Å². The van der Waals surface area contributed by atoms with E-state index in [1.165, 1.54) is 0 Å². The molecule has 0 atom stereocenters. The molecule has 1 aromatic heterocycles. The van der Waals surface area contributed by atoms with Crippen molar-refractivity contribution in [2.75, 3.05) is 12.4 Å². The first-order chi connectivity index (χ1) is 10.8. The van der Waals surface area contributed by atoms with Gasteiger partial charge in [0, 0.05) is 10.6 Å². The maximum absolute atomic E-state index is 5.96. The van der Waals surface area contributed by atoms with Crippen LogP contribution in [0.5, 0.6) is 5.75 Å². The highest BCUT2D eigenvalue weighted by Gasteiger charge is 2.09. The molecule has 5 nitrogen and oxygen atoms in total. The van der Waals surface area contributed by atoms with Crippen LogP contribution in [0.25, 0.3) is 11.5 Å². The van der Waals surface area contributed by atoms with Crippen LogP contribution in [0.1, 0.15) is 5.89 Å². The summed E-state index contributed by atoms with van der Waals surface area (Å²) in [6.07, 6.45) is 0. The molecule has 6 heteroatoms. The van der Waals surface area contributed by atoms with Gasteiger partial charge in [0.25, 0.3) is 0 Å². The van der Waals surface area contributed by atoms with E-state index < -0.39 is 0 Å². The summed E-state index contributed by atoms with van der Waals surface area (Å²) < 4.78 is 10.9. The molecule has 22 heavy (non-hydrogen) atoms. The van der Waals surface area contributed by atoms with Crippen LogP contribution in [0.15, 0.2) is 52.9 Å². The van der Waals surface area contributed by atoms with Crippen LogP contribution >= 0.6 is 11.6 Å². The largest absolute Gasteiger partial charge is 0.495 e. The molecule has 0 aliphatic rings. The second kappa shape index (κ2) is 6.49. The lowest BCUT2D eigenvalue weighted by atomic mass is 10.2. The lowest BCUT2D eigenvalue weighted by molar-refractivity contribution is 0.416. The summed E-state index contributed by atoms with van der Waals surface area (Å²) in [4.78, 5) is 0. The molecule has 112 valence electrons. The van der Waals surface area contributed by atoms with Gasteiger partial charge in [-0.3, -0.25) is 0 Å². The van der Waals surface area contributed by atoms with Gasteiger partial charge in [-0.05, 0) is 30.3 Å². The number of nitrogens with one attached hydrogen (secondary N) is 1. The Bertz CT molecular complexity index is 773. The van der Waals surface area contributed by atoms with Gasteiger partial charge in [-0.2, -0.15) is 0 Å². The van der Waals surface area contributed by atoms with Crippen molar-refractivity contribution in [1.82, 2.24) is 10.2 Å². The van der Waals surface area contributed by atoms with Crippen LogP contribution in [0.2, 0.25) is 5.02 Å². The number of methoxy groups -OCH3 is 1. The molecule has 0 amide bonds. The van der Waals surface area contributed by atoms with E-state index in [1.807, 2.05) is 36.4 Å². The number of ether oxygens (including phenoxy) is 1. The molecule has 0 saturated heterocycles. The summed E-state index contributed by atoms with van der Waals surface area (Å²) >= 11 is 5.96. The minimum absolute atomic E-state index is 0.411. The molecule has 0 aliphatic heterocycles. The first-order valence-corrected chi connectivity index (χ1v) is 7.09. The minimum Gasteiger partial charge on any atom is -0.495 e. The van der Waals surface area contributed by atoms with E-state index in [9.17, 15) is 0 Å². The predicted molar refractivity (Wildman–Crippen MR) is 85.1 cm³/mol. The number of halogens is 1. The lowest BCUT2D eigenvalue weighted by Crippen LogP contribution is -2.01. The van der Waals surface area contributed by atoms with Crippen LogP contribution in [-0.4, -0.2) is 17.3 Å². The summed E-state index contributed by atoms with van der Waals surface area (Å²) in [5, 5.41) is 11.9. The number of hydrogen-bond acceptors (Lipinski definition) is 5. The highest BCUT2D eigenvalue weighted by molar-refractivity contribution is 6.30. The zero-order chi connectivity index (χ0) is 15.4. The van der Waals surface area contributed by atoms with Crippen LogP contribution < -0.4 is 10.1 Å². The molecule has 1 N–H and O–H groups in total. The van der Waals surface area contributed by atoms with Crippen LogP contribution in [0.4, 0.5) is 5.69 Å². The van der Waals surface area contributed by atoms with Crippen molar-refractivity contribution in [3.8, 4) is 17.2 Å². The van der Waals surface area contributed by atoms with Crippen LogP contribution in [-0.2, 0) is 6.54 Å². The van der Waals surface area contributed by atoms with E-state index in [-0.39, 0.29) is 0 Å². The Morgan fingerprint density at radius 2 is 2.00 bits per heavy atom. The molecular weight excluding hydrogens is 302 g/mol. The van der Waals surface area contributed by atoms with Gasteiger partial charge in [0.1, 0.15) is 5.75 Å². The fourth-order valence-electron chi connectivity index (χ4n) is 2.02. The highest BCUT2D eigenvalue weighted by Crippen LogP contribution is 2.24. The van der Waals surface area contributed by atoms with Gasteiger partial charge in [-0.25, -0.2) is 0 Å². The number of aromatic nitrogens is 2. The number of benzene rings is 2. The summed E-state index contributed by atoms with van der Waals surface area (Å²) in [6, 6.07) is 14.9. The van der Waals surface area contributed by atoms with Gasteiger partial charge in [0.05, 0.1) is 19.3 Å². The average molecular weight is 316 g/mol. The molecule has 3 aromatic rings. The Hall–Kier alpha value is -2.53. The first-order valence-electron chi connectivity index (χ1n) is 6.71. The molecule has 1 heterocycles. The Morgan fingerprint density at radius 3 is 2.82 bits per heavy atom. The lowest BCUT2D eigenvalue weighted by Gasteiger charge is -2.08. The van der Waals surface area contributed by atoms with E-state index in [1.54, 1.807) is 19.2 Å². The van der Waals surface area contributed by atoms with E-state index >= 15 is 0 Å². The van der Waals surface area contributed by atoms with Gasteiger partial charge in [0.15, 0.2) is 0 Å². The normalized spacial score (nSPS) is 10.5. The Morgan fingerprint density at radius 1 is 1.14 bits per heavy atom. The summed E-state index contributed by atoms with van der Waals surface area (Å²) in [6.45, 7) is 0.411. The van der Waals surface area contributed by atoms with Gasteiger partial charge in [-0.1, -0.05) is 29.8 Å². The van der Waals surface area contributed by atoms with Gasteiger partial charge < -0.3 is 14.5 Å². The first kappa shape index (κ1) is 14.4. The quantitative estimate of drug-likeness (QED) is 0.770. The SMILES string of the molecule is COc1ccccc1NCc1nnc(-c2cccc(Cl)c2)o1. The number of rotatable bonds is 5. The smallest absolute Gasteiger partial charge is 0.247 e. The van der Waals surface area contributed by atoms with Crippen molar-refractivity contribution < 1.29 is 9.15 Å². The molecule has 0 radical (unpaired) electrons. The van der Waals surface area contributed by atoms with E-state index in [4.69, 9.17) is 20.8 Å². The molecule has 0 bridgehead atoms. The third-order valence-corrected chi connectivity index (χ3v) is 3.31. The highest BCUT2D eigenvalue weighted by atomic mass is 35.5. The second-order valence-electron chi connectivity index (χ2n) is 4.57. The monoisotopic (exact) mass is 315 g/mol. The Kier molecular flexibility index (Phi) is 4.25. The van der Waals surface area contributed by atoms with Gasteiger partial charge in [0.2, 0.25) is 11.8 Å². The molecule has 3 rings (SSSR count). The molecule has 0 fully saturated rings. The maximum atomic E-state index is 5.96. The molecule has 2 aromatic carbocycles. The molecule has 0 spiro atoms. The number of anilines is 1. The third kappa shape index (κ3) is 3.20. The molecule has 0 aliphatic carbocycles. The summed E-state index contributed by atoms with van der Waals surface area (Å²) in [7, 11) is 1.63. The second-order valence-corrected chi connectivity index (χ2v) is 5.00. The number of nitrogens with zero attached hydrogens (tertiary/aromatic N) is 2. The minimum atomic E-state index is 0.411. The standard InChI is InChI=1S/C16H14ClN3O2/c1-21-14-8-3-2-7-13(14)18-10-15-19-20-16(22-15)11-5-4-6-12(17)9-11/h2-9,18H,10H2,1H3. The summed E-state index contributed by atoms with van der Waals surface area (Å²) in [5.74, 6) is 1.69. The van der Waals surface area contributed by atoms with Crippen molar-refractivity contribution in [2.45, 2.75) is 6.54 Å². The van der Waals surface area contributed by atoms with Crippen LogP contribution in [0, 0.1) is 0 Å². The predicted octanol–water partition coefficient (Wildman–Crippen LogP) is 4.01. The number of para-hydroxylation sites is 2. The van der Waals surface area contributed by atoms with E-state index in [2.05, 4.69) is 15.5 Å².